The molecule has 4 nitrogen and oxygen atoms in total. The summed E-state index contributed by atoms with van der Waals surface area (Å²) in [5.41, 5.74) is 1.71. The molecule has 0 aromatic rings. The first-order valence-corrected chi connectivity index (χ1v) is 10.3. The summed E-state index contributed by atoms with van der Waals surface area (Å²) in [6.45, 7) is 13.2. The van der Waals surface area contributed by atoms with E-state index in [1.807, 2.05) is 0 Å². The normalized spacial score (nSPS) is 16.7. The molecule has 0 aliphatic heterocycles. The lowest BCUT2D eigenvalue weighted by atomic mass is 9.97. The first kappa shape index (κ1) is 18.9. The average molecular weight is 327 g/mol. The minimum Gasteiger partial charge on any atom is -0.545 e. The predicted octanol–water partition coefficient (Wildman–Crippen LogP) is 4.36. The molecule has 0 aromatic heterocycles. The number of carbonyl (C=O) groups is 2. The Bertz CT molecular complexity index is 442. The van der Waals surface area contributed by atoms with Crippen LogP contribution in [0.1, 0.15) is 60.8 Å². The summed E-state index contributed by atoms with van der Waals surface area (Å²) >= 11 is 0. The Morgan fingerprint density at radius 3 is 1.91 bits per heavy atom. The van der Waals surface area contributed by atoms with Gasteiger partial charge < -0.3 is 9.16 Å². The minimum absolute atomic E-state index is 0.0821. The fourth-order valence-corrected chi connectivity index (χ4v) is 9.14. The quantitative estimate of drug-likeness (QED) is 0.537. The summed E-state index contributed by atoms with van der Waals surface area (Å²) in [5, 5.41) is 0. The first-order valence-electron chi connectivity index (χ1n) is 8.17. The Morgan fingerprint density at radius 2 is 1.50 bits per heavy atom. The molecule has 0 heterocycles. The molecule has 1 aliphatic carbocycles. The van der Waals surface area contributed by atoms with Crippen molar-refractivity contribution in [2.24, 2.45) is 0 Å². The van der Waals surface area contributed by atoms with Gasteiger partial charge in [0.1, 0.15) is 5.78 Å². The summed E-state index contributed by atoms with van der Waals surface area (Å²) in [7, 11) is -0.763. The number of methoxy groups -OCH3 is 1. The zero-order valence-corrected chi connectivity index (χ0v) is 16.0. The van der Waals surface area contributed by atoms with Crippen molar-refractivity contribution >= 4 is 20.1 Å². The van der Waals surface area contributed by atoms with E-state index in [9.17, 15) is 9.59 Å². The van der Waals surface area contributed by atoms with Crippen LogP contribution < -0.4 is 0 Å². The molecule has 0 saturated heterocycles. The third kappa shape index (κ3) is 3.62. The van der Waals surface area contributed by atoms with E-state index in [1.165, 1.54) is 7.11 Å². The van der Waals surface area contributed by atoms with Gasteiger partial charge in [0.15, 0.2) is 0 Å². The molecule has 0 radical (unpaired) electrons. The molecule has 0 saturated carbocycles. The van der Waals surface area contributed by atoms with Crippen LogP contribution in [0.2, 0.25) is 16.6 Å². The highest BCUT2D eigenvalue weighted by molar-refractivity contribution is 6.77. The molecule has 0 amide bonds. The zero-order valence-electron chi connectivity index (χ0n) is 15.0. The van der Waals surface area contributed by atoms with Crippen molar-refractivity contribution in [1.82, 2.24) is 0 Å². The van der Waals surface area contributed by atoms with Gasteiger partial charge in [-0.05, 0) is 16.6 Å². The number of rotatable bonds is 6. The maximum atomic E-state index is 12.0. The van der Waals surface area contributed by atoms with Gasteiger partial charge in [-0.15, -0.1) is 0 Å². The van der Waals surface area contributed by atoms with Gasteiger partial charge in [-0.3, -0.25) is 4.79 Å². The van der Waals surface area contributed by atoms with E-state index in [-0.39, 0.29) is 12.2 Å². The van der Waals surface area contributed by atoms with Crippen molar-refractivity contribution in [3.05, 3.63) is 11.3 Å². The smallest absolute Gasteiger partial charge is 0.337 e. The van der Waals surface area contributed by atoms with Crippen LogP contribution in [-0.2, 0) is 18.8 Å². The van der Waals surface area contributed by atoms with Crippen molar-refractivity contribution in [2.45, 2.75) is 77.4 Å². The number of hydrogen-bond donors (Lipinski definition) is 0. The average Bonchev–Trinajstić information content (AvgIpc) is 2.43. The molecular formula is C17H30O4Si. The van der Waals surface area contributed by atoms with Crippen LogP contribution in [0, 0.1) is 0 Å². The largest absolute Gasteiger partial charge is 0.545 e. The van der Waals surface area contributed by atoms with E-state index < -0.39 is 14.3 Å². The number of carbonyl (C=O) groups excluding carboxylic acids is 2. The Labute approximate surface area is 135 Å². The van der Waals surface area contributed by atoms with E-state index in [0.29, 0.717) is 40.8 Å². The Morgan fingerprint density at radius 1 is 1.00 bits per heavy atom. The monoisotopic (exact) mass is 326 g/mol. The summed E-state index contributed by atoms with van der Waals surface area (Å²) in [4.78, 5) is 23.7. The predicted molar refractivity (Wildman–Crippen MR) is 90.0 cm³/mol. The van der Waals surface area contributed by atoms with Crippen molar-refractivity contribution in [3.63, 3.8) is 0 Å². The lowest BCUT2D eigenvalue weighted by molar-refractivity contribution is -0.137. The van der Waals surface area contributed by atoms with Crippen molar-refractivity contribution in [3.8, 4) is 0 Å². The van der Waals surface area contributed by atoms with Crippen LogP contribution in [-0.4, -0.2) is 27.2 Å². The van der Waals surface area contributed by atoms with E-state index in [2.05, 4.69) is 41.5 Å². The number of hydrogen-bond acceptors (Lipinski definition) is 4. The van der Waals surface area contributed by atoms with Gasteiger partial charge in [-0.2, -0.15) is 0 Å². The molecule has 0 aromatic carbocycles. The van der Waals surface area contributed by atoms with Crippen LogP contribution in [0.4, 0.5) is 0 Å². The lowest BCUT2D eigenvalue weighted by Crippen LogP contribution is -2.48. The Kier molecular flexibility index (Phi) is 6.41. The van der Waals surface area contributed by atoms with Crippen molar-refractivity contribution in [2.75, 3.05) is 7.11 Å². The van der Waals surface area contributed by atoms with Gasteiger partial charge in [0.25, 0.3) is 8.32 Å². The van der Waals surface area contributed by atoms with E-state index >= 15 is 0 Å². The summed E-state index contributed by atoms with van der Waals surface area (Å²) < 4.78 is 11.5. The highest BCUT2D eigenvalue weighted by Crippen LogP contribution is 2.45. The molecule has 1 aliphatic rings. The third-order valence-corrected chi connectivity index (χ3v) is 10.8. The Hall–Kier alpha value is -1.10. The molecule has 22 heavy (non-hydrogen) atoms. The molecule has 0 spiro atoms. The number of ketones is 1. The maximum Gasteiger partial charge on any atom is 0.337 e. The summed E-state index contributed by atoms with van der Waals surface area (Å²) in [5.74, 6) is 0.357. The van der Waals surface area contributed by atoms with E-state index in [0.717, 1.165) is 0 Å². The van der Waals surface area contributed by atoms with Crippen LogP contribution in [0.5, 0.6) is 0 Å². The fraction of sp³-hybridized carbons (Fsp3) is 0.765. The fourth-order valence-electron chi connectivity index (χ4n) is 3.78. The molecule has 0 bridgehead atoms. The van der Waals surface area contributed by atoms with Crippen molar-refractivity contribution < 1.29 is 18.8 Å². The molecule has 5 heteroatoms. The van der Waals surface area contributed by atoms with Gasteiger partial charge in [0.05, 0.1) is 18.4 Å². The minimum atomic E-state index is -2.11. The standard InChI is InChI=1S/C17H30O4Si/c1-11(2)22(12(3)4,13(5)6)21-16-9-8-14(18)10-15(16)17(19)20-7/h11-13H,8-10H2,1-7H3. The number of ether oxygens (including phenoxy) is 1. The van der Waals surface area contributed by atoms with Crippen molar-refractivity contribution in [1.29, 1.82) is 0 Å². The number of esters is 1. The lowest BCUT2D eigenvalue weighted by Gasteiger charge is -2.43. The van der Waals surface area contributed by atoms with Gasteiger partial charge in [0.2, 0.25) is 0 Å². The topological polar surface area (TPSA) is 52.6 Å². The second kappa shape index (κ2) is 7.44. The third-order valence-electron chi connectivity index (χ3n) is 4.78. The highest BCUT2D eigenvalue weighted by Gasteiger charge is 2.48. The molecular weight excluding hydrogens is 296 g/mol. The zero-order chi connectivity index (χ0) is 17.1. The molecule has 0 fully saturated rings. The molecule has 126 valence electrons. The molecule has 0 unspecified atom stereocenters. The van der Waals surface area contributed by atoms with E-state index in [1.54, 1.807) is 0 Å². The first-order chi connectivity index (χ1) is 10.2. The van der Waals surface area contributed by atoms with Crippen LogP contribution in [0.15, 0.2) is 11.3 Å². The van der Waals surface area contributed by atoms with Crippen LogP contribution in [0.3, 0.4) is 0 Å². The highest BCUT2D eigenvalue weighted by atomic mass is 28.4. The maximum absolute atomic E-state index is 12.0. The molecule has 0 atom stereocenters. The molecule has 1 rings (SSSR count). The molecule has 0 N–H and O–H groups in total. The Balaban J connectivity index is 3.29. The van der Waals surface area contributed by atoms with Crippen LogP contribution in [0.25, 0.3) is 0 Å². The van der Waals surface area contributed by atoms with Gasteiger partial charge in [0, 0.05) is 19.3 Å². The SMILES string of the molecule is COC(=O)C1=C(O[Si](C(C)C)(C(C)C)C(C)C)CCC(=O)C1. The number of Topliss-reactive ketones (excluding diaryl/α,β-unsaturated/α-hetero) is 1. The summed E-state index contributed by atoms with van der Waals surface area (Å²) in [6, 6.07) is 0. The second-order valence-electron chi connectivity index (χ2n) is 7.03. The second-order valence-corrected chi connectivity index (χ2v) is 12.4. The van der Waals surface area contributed by atoms with E-state index in [4.69, 9.17) is 9.16 Å². The van der Waals surface area contributed by atoms with Gasteiger partial charge in [-0.1, -0.05) is 41.5 Å². The summed E-state index contributed by atoms with van der Waals surface area (Å²) in [6.07, 6.45) is 1.11. The van der Waals surface area contributed by atoms with Gasteiger partial charge >= 0.3 is 5.97 Å². The van der Waals surface area contributed by atoms with Crippen LogP contribution >= 0.6 is 0 Å². The van der Waals surface area contributed by atoms with Gasteiger partial charge in [-0.25, -0.2) is 4.79 Å². The number of allylic oxidation sites excluding steroid dienone is 1.